The maximum atomic E-state index is 12.2. The van der Waals surface area contributed by atoms with Crippen molar-refractivity contribution in [3.8, 4) is 11.4 Å². The van der Waals surface area contributed by atoms with Crippen molar-refractivity contribution in [1.82, 2.24) is 25.5 Å². The van der Waals surface area contributed by atoms with Gasteiger partial charge in [-0.1, -0.05) is 74.5 Å². The minimum absolute atomic E-state index is 0.00899. The molecule has 0 fully saturated rings. The van der Waals surface area contributed by atoms with E-state index in [1.807, 2.05) is 48.5 Å². The van der Waals surface area contributed by atoms with Gasteiger partial charge in [-0.15, -0.1) is 10.2 Å². The summed E-state index contributed by atoms with van der Waals surface area (Å²) in [7, 11) is 0. The Kier molecular flexibility index (Phi) is 6.53. The fourth-order valence-electron chi connectivity index (χ4n) is 3.06. The zero-order valence-electron chi connectivity index (χ0n) is 16.5. The van der Waals surface area contributed by atoms with Gasteiger partial charge in [-0.05, 0) is 29.0 Å². The molecule has 1 amide bonds. The lowest BCUT2D eigenvalue weighted by Crippen LogP contribution is -2.35. The van der Waals surface area contributed by atoms with Crippen molar-refractivity contribution in [2.24, 2.45) is 5.41 Å². The van der Waals surface area contributed by atoms with Crippen LogP contribution in [-0.4, -0.2) is 32.7 Å². The second-order valence-corrected chi connectivity index (χ2v) is 7.78. The van der Waals surface area contributed by atoms with Gasteiger partial charge in [0.05, 0.1) is 6.54 Å². The van der Waals surface area contributed by atoms with E-state index < -0.39 is 0 Å². The molecule has 28 heavy (non-hydrogen) atoms. The SMILES string of the molecule is CC(C)(CNC(=O)CCCn1nnc(-c2ccccc2)n1)Cc1ccccc1. The molecule has 0 atom stereocenters. The highest BCUT2D eigenvalue weighted by Crippen LogP contribution is 2.20. The highest BCUT2D eigenvalue weighted by Gasteiger charge is 2.19. The minimum Gasteiger partial charge on any atom is -0.356 e. The molecule has 6 heteroatoms. The quantitative estimate of drug-likeness (QED) is 0.619. The lowest BCUT2D eigenvalue weighted by Gasteiger charge is -2.25. The Bertz CT molecular complexity index is 874. The van der Waals surface area contributed by atoms with Crippen LogP contribution in [0.25, 0.3) is 11.4 Å². The van der Waals surface area contributed by atoms with E-state index in [4.69, 9.17) is 0 Å². The van der Waals surface area contributed by atoms with Crippen LogP contribution in [0.3, 0.4) is 0 Å². The van der Waals surface area contributed by atoms with Gasteiger partial charge in [-0.3, -0.25) is 4.79 Å². The number of amides is 1. The number of benzene rings is 2. The fraction of sp³-hybridized carbons (Fsp3) is 0.364. The lowest BCUT2D eigenvalue weighted by molar-refractivity contribution is -0.121. The molecule has 0 spiro atoms. The Balaban J connectivity index is 1.39. The fourth-order valence-corrected chi connectivity index (χ4v) is 3.06. The topological polar surface area (TPSA) is 72.7 Å². The molecule has 0 saturated heterocycles. The Morgan fingerprint density at radius 2 is 1.71 bits per heavy atom. The number of tetrazole rings is 1. The summed E-state index contributed by atoms with van der Waals surface area (Å²) in [5.41, 5.74) is 2.23. The molecule has 3 rings (SSSR count). The highest BCUT2D eigenvalue weighted by atomic mass is 16.1. The molecule has 0 bridgehead atoms. The first kappa shape index (κ1) is 19.7. The molecule has 0 unspecified atom stereocenters. The van der Waals surface area contributed by atoms with E-state index in [-0.39, 0.29) is 11.3 Å². The Morgan fingerprint density at radius 1 is 1.04 bits per heavy atom. The van der Waals surface area contributed by atoms with Gasteiger partial charge < -0.3 is 5.32 Å². The van der Waals surface area contributed by atoms with E-state index in [1.165, 1.54) is 5.56 Å². The summed E-state index contributed by atoms with van der Waals surface area (Å²) < 4.78 is 0. The van der Waals surface area contributed by atoms with Gasteiger partial charge in [0.1, 0.15) is 0 Å². The maximum Gasteiger partial charge on any atom is 0.220 e. The van der Waals surface area contributed by atoms with Crippen molar-refractivity contribution in [1.29, 1.82) is 0 Å². The van der Waals surface area contributed by atoms with E-state index >= 15 is 0 Å². The van der Waals surface area contributed by atoms with Gasteiger partial charge in [0.15, 0.2) is 0 Å². The van der Waals surface area contributed by atoms with Crippen molar-refractivity contribution in [3.05, 3.63) is 66.2 Å². The van der Waals surface area contributed by atoms with Crippen LogP contribution in [0, 0.1) is 5.41 Å². The van der Waals surface area contributed by atoms with E-state index in [9.17, 15) is 4.79 Å². The molecule has 3 aromatic rings. The lowest BCUT2D eigenvalue weighted by atomic mass is 9.85. The van der Waals surface area contributed by atoms with Crippen LogP contribution in [0.15, 0.2) is 60.7 Å². The summed E-state index contributed by atoms with van der Waals surface area (Å²) in [6.07, 6.45) is 2.05. The Labute approximate surface area is 166 Å². The summed E-state index contributed by atoms with van der Waals surface area (Å²) in [6, 6.07) is 20.1. The standard InChI is InChI=1S/C22H27N5O/c1-22(2,16-18-10-5-3-6-11-18)17-23-20(28)14-9-15-27-25-21(24-26-27)19-12-7-4-8-13-19/h3-8,10-13H,9,14-17H2,1-2H3,(H,23,28). The minimum atomic E-state index is 0.00899. The van der Waals surface area contributed by atoms with E-state index in [1.54, 1.807) is 4.80 Å². The van der Waals surface area contributed by atoms with E-state index in [0.29, 0.717) is 31.8 Å². The first-order valence-corrected chi connectivity index (χ1v) is 9.66. The molecule has 0 aliphatic carbocycles. The van der Waals surface area contributed by atoms with Crippen LogP contribution >= 0.6 is 0 Å². The molecule has 1 aromatic heterocycles. The third-order valence-electron chi connectivity index (χ3n) is 4.54. The molecule has 0 radical (unpaired) electrons. The van der Waals surface area contributed by atoms with E-state index in [2.05, 4.69) is 46.7 Å². The number of nitrogens with zero attached hydrogens (tertiary/aromatic N) is 4. The molecule has 0 saturated carbocycles. The highest BCUT2D eigenvalue weighted by molar-refractivity contribution is 5.75. The average molecular weight is 377 g/mol. The number of rotatable bonds is 9. The van der Waals surface area contributed by atoms with Crippen LogP contribution in [0.2, 0.25) is 0 Å². The molecule has 6 nitrogen and oxygen atoms in total. The van der Waals surface area contributed by atoms with Crippen LogP contribution in [-0.2, 0) is 17.8 Å². The maximum absolute atomic E-state index is 12.2. The van der Waals surface area contributed by atoms with Crippen molar-refractivity contribution in [3.63, 3.8) is 0 Å². The van der Waals surface area contributed by atoms with Crippen LogP contribution in [0.1, 0.15) is 32.3 Å². The zero-order chi connectivity index (χ0) is 19.8. The second-order valence-electron chi connectivity index (χ2n) is 7.78. The smallest absolute Gasteiger partial charge is 0.220 e. The van der Waals surface area contributed by atoms with Crippen LogP contribution < -0.4 is 5.32 Å². The number of aromatic nitrogens is 4. The zero-order valence-corrected chi connectivity index (χ0v) is 16.5. The molecule has 2 aromatic carbocycles. The largest absolute Gasteiger partial charge is 0.356 e. The van der Waals surface area contributed by atoms with Gasteiger partial charge in [0.2, 0.25) is 11.7 Å². The molecule has 1 N–H and O–H groups in total. The predicted octanol–water partition coefficient (Wildman–Crippen LogP) is 3.51. The molecule has 0 aliphatic heterocycles. The Hall–Kier alpha value is -3.02. The van der Waals surface area contributed by atoms with Crippen molar-refractivity contribution in [2.75, 3.05) is 6.54 Å². The molecular formula is C22H27N5O. The number of aryl methyl sites for hydroxylation is 1. The summed E-state index contributed by atoms with van der Waals surface area (Å²) in [6.45, 7) is 5.57. The van der Waals surface area contributed by atoms with Gasteiger partial charge in [0.25, 0.3) is 0 Å². The first-order valence-electron chi connectivity index (χ1n) is 9.66. The third kappa shape index (κ3) is 6.01. The van der Waals surface area contributed by atoms with Crippen LogP contribution in [0.4, 0.5) is 0 Å². The normalized spacial score (nSPS) is 11.4. The monoisotopic (exact) mass is 377 g/mol. The van der Waals surface area contributed by atoms with Gasteiger partial charge in [0, 0.05) is 18.5 Å². The first-order chi connectivity index (χ1) is 13.5. The number of hydrogen-bond donors (Lipinski definition) is 1. The number of hydrogen-bond acceptors (Lipinski definition) is 4. The third-order valence-corrected chi connectivity index (χ3v) is 4.54. The molecular weight excluding hydrogens is 350 g/mol. The molecule has 1 heterocycles. The van der Waals surface area contributed by atoms with Crippen LogP contribution in [0.5, 0.6) is 0 Å². The molecule has 146 valence electrons. The number of nitrogens with one attached hydrogen (secondary N) is 1. The average Bonchev–Trinajstić information content (AvgIpc) is 3.17. The van der Waals surface area contributed by atoms with Gasteiger partial charge in [-0.25, -0.2) is 0 Å². The summed E-state index contributed by atoms with van der Waals surface area (Å²) in [5.74, 6) is 0.664. The van der Waals surface area contributed by atoms with Gasteiger partial charge in [-0.2, -0.15) is 4.80 Å². The number of carbonyl (C=O) groups excluding carboxylic acids is 1. The summed E-state index contributed by atoms with van der Waals surface area (Å²) in [5, 5.41) is 15.6. The van der Waals surface area contributed by atoms with E-state index in [0.717, 1.165) is 12.0 Å². The van der Waals surface area contributed by atoms with Gasteiger partial charge >= 0.3 is 0 Å². The van der Waals surface area contributed by atoms with Crippen molar-refractivity contribution in [2.45, 2.75) is 39.7 Å². The van der Waals surface area contributed by atoms with Crippen molar-refractivity contribution < 1.29 is 4.79 Å². The summed E-state index contributed by atoms with van der Waals surface area (Å²) in [4.78, 5) is 13.7. The predicted molar refractivity (Wildman–Crippen MR) is 109 cm³/mol. The molecule has 0 aliphatic rings. The Morgan fingerprint density at radius 3 is 2.43 bits per heavy atom. The van der Waals surface area contributed by atoms with Crippen molar-refractivity contribution >= 4 is 5.91 Å². The second kappa shape index (κ2) is 9.26. The number of carbonyl (C=O) groups is 1. The summed E-state index contributed by atoms with van der Waals surface area (Å²) >= 11 is 0.